The van der Waals surface area contributed by atoms with Crippen molar-refractivity contribution in [1.29, 1.82) is 0 Å². The van der Waals surface area contributed by atoms with Crippen LogP contribution in [0, 0.1) is 0 Å². The van der Waals surface area contributed by atoms with Crippen LogP contribution in [0.1, 0.15) is 5.56 Å². The molecule has 0 bridgehead atoms. The van der Waals surface area contributed by atoms with Gasteiger partial charge in [0.1, 0.15) is 0 Å². The Morgan fingerprint density at radius 3 is 2.85 bits per heavy atom. The first-order valence-electron chi connectivity index (χ1n) is 8.31. The molecule has 0 unspecified atom stereocenters. The van der Waals surface area contributed by atoms with Gasteiger partial charge in [0.25, 0.3) is 0 Å². The first kappa shape index (κ1) is 18.7. The maximum atomic E-state index is 12.0. The lowest BCUT2D eigenvalue weighted by Crippen LogP contribution is -2.25. The smallest absolute Gasteiger partial charge is 0.230 e. The number of nitrogens with two attached hydrogens (primary N) is 1. The molecule has 1 aromatic carbocycles. The fourth-order valence-electron chi connectivity index (χ4n) is 2.38. The summed E-state index contributed by atoms with van der Waals surface area (Å²) in [5, 5.41) is 11.6. The molecular weight excluding hydrogens is 362 g/mol. The molecule has 8 nitrogen and oxygen atoms in total. The number of hydrogen-bond acceptors (Lipinski definition) is 7. The molecule has 2 aromatic heterocycles. The van der Waals surface area contributed by atoms with E-state index in [4.69, 9.17) is 5.84 Å². The van der Waals surface area contributed by atoms with E-state index in [1.165, 1.54) is 16.4 Å². The van der Waals surface area contributed by atoms with E-state index in [2.05, 4.69) is 20.5 Å². The Labute approximate surface area is 161 Å². The molecule has 0 saturated carbocycles. The highest BCUT2D eigenvalue weighted by atomic mass is 32.2. The number of carbonyl (C=O) groups excluding carboxylic acids is 1. The maximum Gasteiger partial charge on any atom is 0.230 e. The van der Waals surface area contributed by atoms with E-state index in [9.17, 15) is 4.79 Å². The summed E-state index contributed by atoms with van der Waals surface area (Å²) < 4.78 is 1.41. The molecular formula is C18H21N7OS. The van der Waals surface area contributed by atoms with Crippen LogP contribution in [0.3, 0.4) is 0 Å². The molecule has 0 aliphatic carbocycles. The molecule has 3 aromatic rings. The minimum atomic E-state index is -0.108. The van der Waals surface area contributed by atoms with Crippen LogP contribution < -0.4 is 16.1 Å². The third kappa shape index (κ3) is 4.76. The molecule has 1 amide bonds. The van der Waals surface area contributed by atoms with E-state index in [-0.39, 0.29) is 11.7 Å². The number of rotatable bonds is 7. The van der Waals surface area contributed by atoms with E-state index in [1.54, 1.807) is 12.4 Å². The van der Waals surface area contributed by atoms with Crippen LogP contribution in [0.2, 0.25) is 0 Å². The highest BCUT2D eigenvalue weighted by molar-refractivity contribution is 7.99. The van der Waals surface area contributed by atoms with E-state index in [0.29, 0.717) is 17.5 Å². The highest BCUT2D eigenvalue weighted by Gasteiger charge is 2.14. The van der Waals surface area contributed by atoms with Crippen molar-refractivity contribution in [2.45, 2.75) is 11.7 Å². The number of aromatic nitrogens is 4. The van der Waals surface area contributed by atoms with E-state index in [1.807, 2.05) is 55.4 Å². The summed E-state index contributed by atoms with van der Waals surface area (Å²) >= 11 is 1.24. The van der Waals surface area contributed by atoms with Crippen LogP contribution in [-0.4, -0.2) is 45.6 Å². The molecule has 0 saturated heterocycles. The predicted molar refractivity (Wildman–Crippen MR) is 107 cm³/mol. The number of anilines is 1. The Hall–Kier alpha value is -3.07. The van der Waals surface area contributed by atoms with Crippen LogP contribution in [0.4, 0.5) is 5.69 Å². The average Bonchev–Trinajstić information content (AvgIpc) is 3.06. The maximum absolute atomic E-state index is 12.0. The van der Waals surface area contributed by atoms with E-state index < -0.39 is 0 Å². The van der Waals surface area contributed by atoms with Crippen molar-refractivity contribution < 1.29 is 4.79 Å². The molecule has 9 heteroatoms. The Balaban J connectivity index is 1.60. The van der Waals surface area contributed by atoms with Gasteiger partial charge in [0, 0.05) is 44.3 Å². The number of pyridine rings is 1. The summed E-state index contributed by atoms with van der Waals surface area (Å²) in [6.45, 7) is 0.436. The number of amides is 1. The first-order valence-corrected chi connectivity index (χ1v) is 9.30. The van der Waals surface area contributed by atoms with Gasteiger partial charge in [-0.2, -0.15) is 0 Å². The lowest BCUT2D eigenvalue weighted by atomic mass is 10.2. The average molecular weight is 383 g/mol. The SMILES string of the molecule is CN(C)c1cccc(-c2nnc(SCC(=O)NCc3cccnc3)n2N)c1. The van der Waals surface area contributed by atoms with Gasteiger partial charge in [0.15, 0.2) is 5.82 Å². The molecule has 3 N–H and O–H groups in total. The fraction of sp³-hybridized carbons (Fsp3) is 0.222. The zero-order valence-electron chi connectivity index (χ0n) is 15.2. The van der Waals surface area contributed by atoms with Gasteiger partial charge in [-0.1, -0.05) is 30.0 Å². The van der Waals surface area contributed by atoms with Crippen LogP contribution in [0.5, 0.6) is 0 Å². The quantitative estimate of drug-likeness (QED) is 0.471. The Morgan fingerprint density at radius 2 is 2.11 bits per heavy atom. The standard InChI is InChI=1S/C18H21N7OS/c1-24(2)15-7-3-6-14(9-15)17-22-23-18(25(17)19)27-12-16(26)21-11-13-5-4-8-20-10-13/h3-10H,11-12,19H2,1-2H3,(H,21,26). The van der Waals surface area contributed by atoms with Crippen LogP contribution in [0.25, 0.3) is 11.4 Å². The van der Waals surface area contributed by atoms with Crippen molar-refractivity contribution in [2.24, 2.45) is 0 Å². The van der Waals surface area contributed by atoms with Crippen LogP contribution in [0.15, 0.2) is 53.9 Å². The molecule has 0 aliphatic rings. The summed E-state index contributed by atoms with van der Waals surface area (Å²) in [7, 11) is 3.94. The lowest BCUT2D eigenvalue weighted by molar-refractivity contribution is -0.118. The van der Waals surface area contributed by atoms with Gasteiger partial charge >= 0.3 is 0 Å². The monoisotopic (exact) mass is 383 g/mol. The molecule has 27 heavy (non-hydrogen) atoms. The Kier molecular flexibility index (Phi) is 5.92. The second-order valence-electron chi connectivity index (χ2n) is 6.05. The molecule has 0 spiro atoms. The molecule has 2 heterocycles. The number of nitrogen functional groups attached to an aromatic ring is 1. The largest absolute Gasteiger partial charge is 0.378 e. The van der Waals surface area contributed by atoms with Gasteiger partial charge in [-0.15, -0.1) is 10.2 Å². The van der Waals surface area contributed by atoms with Crippen molar-refractivity contribution in [3.63, 3.8) is 0 Å². The van der Waals surface area contributed by atoms with Crippen molar-refractivity contribution in [3.05, 3.63) is 54.4 Å². The summed E-state index contributed by atoms with van der Waals surface area (Å²) in [4.78, 5) is 18.1. The van der Waals surface area contributed by atoms with Gasteiger partial charge in [0.2, 0.25) is 11.1 Å². The third-order valence-electron chi connectivity index (χ3n) is 3.83. The minimum absolute atomic E-state index is 0.108. The van der Waals surface area contributed by atoms with E-state index >= 15 is 0 Å². The molecule has 0 radical (unpaired) electrons. The topological polar surface area (TPSA) is 102 Å². The number of hydrogen-bond donors (Lipinski definition) is 2. The predicted octanol–water partition coefficient (Wildman–Crippen LogP) is 1.53. The summed E-state index contributed by atoms with van der Waals surface area (Å²) in [5.41, 5.74) is 2.85. The zero-order valence-corrected chi connectivity index (χ0v) is 16.0. The number of nitrogens with one attached hydrogen (secondary N) is 1. The van der Waals surface area contributed by atoms with E-state index in [0.717, 1.165) is 16.8 Å². The van der Waals surface area contributed by atoms with Gasteiger partial charge in [-0.25, -0.2) is 4.68 Å². The van der Waals surface area contributed by atoms with Crippen molar-refractivity contribution in [3.8, 4) is 11.4 Å². The first-order chi connectivity index (χ1) is 13.0. The third-order valence-corrected chi connectivity index (χ3v) is 4.77. The van der Waals surface area contributed by atoms with Crippen LogP contribution in [-0.2, 0) is 11.3 Å². The number of carbonyl (C=O) groups is 1. The summed E-state index contributed by atoms with van der Waals surface area (Å²) in [6.07, 6.45) is 3.42. The van der Waals surface area contributed by atoms with Crippen LogP contribution >= 0.6 is 11.8 Å². The zero-order chi connectivity index (χ0) is 19.2. The molecule has 0 aliphatic heterocycles. The highest BCUT2D eigenvalue weighted by Crippen LogP contribution is 2.24. The molecule has 0 atom stereocenters. The van der Waals surface area contributed by atoms with Crippen molar-refractivity contribution in [2.75, 3.05) is 30.6 Å². The second kappa shape index (κ2) is 8.54. The summed E-state index contributed by atoms with van der Waals surface area (Å²) in [6, 6.07) is 11.6. The Morgan fingerprint density at radius 1 is 1.26 bits per heavy atom. The second-order valence-corrected chi connectivity index (χ2v) is 6.99. The fourth-order valence-corrected chi connectivity index (χ4v) is 3.07. The van der Waals surface area contributed by atoms with Crippen molar-refractivity contribution in [1.82, 2.24) is 25.2 Å². The van der Waals surface area contributed by atoms with Crippen molar-refractivity contribution >= 4 is 23.4 Å². The summed E-state index contributed by atoms with van der Waals surface area (Å²) in [5.74, 6) is 6.78. The molecule has 3 rings (SSSR count). The molecule has 140 valence electrons. The number of nitrogens with zero attached hydrogens (tertiary/aromatic N) is 5. The van der Waals surface area contributed by atoms with Gasteiger partial charge in [-0.05, 0) is 23.8 Å². The molecule has 0 fully saturated rings. The lowest BCUT2D eigenvalue weighted by Gasteiger charge is -2.13. The number of benzene rings is 1. The minimum Gasteiger partial charge on any atom is -0.378 e. The van der Waals surface area contributed by atoms with Gasteiger partial charge < -0.3 is 16.1 Å². The van der Waals surface area contributed by atoms with Gasteiger partial charge in [-0.3, -0.25) is 9.78 Å². The number of thioether (sulfide) groups is 1. The normalized spacial score (nSPS) is 10.6. The van der Waals surface area contributed by atoms with Gasteiger partial charge in [0.05, 0.1) is 5.75 Å². The Bertz CT molecular complexity index is 911.